The lowest BCUT2D eigenvalue weighted by Gasteiger charge is -2.19. The molecule has 1 saturated carbocycles. The van der Waals surface area contributed by atoms with Crippen LogP contribution in [0.5, 0.6) is 0 Å². The summed E-state index contributed by atoms with van der Waals surface area (Å²) in [6, 6.07) is 4.18. The van der Waals surface area contributed by atoms with Crippen molar-refractivity contribution in [2.75, 3.05) is 13.2 Å². The van der Waals surface area contributed by atoms with Crippen molar-refractivity contribution < 1.29 is 9.53 Å². The van der Waals surface area contributed by atoms with Gasteiger partial charge < -0.3 is 10.1 Å². The second kappa shape index (κ2) is 5.34. The van der Waals surface area contributed by atoms with E-state index in [4.69, 9.17) is 4.74 Å². The van der Waals surface area contributed by atoms with Crippen molar-refractivity contribution in [3.8, 4) is 0 Å². The smallest absolute Gasteiger partial charge is 0.224 e. The molecule has 0 unspecified atom stereocenters. The van der Waals surface area contributed by atoms with Gasteiger partial charge in [0.2, 0.25) is 5.91 Å². The van der Waals surface area contributed by atoms with Gasteiger partial charge in [0.25, 0.3) is 0 Å². The first-order valence-electron chi connectivity index (χ1n) is 8.11. The molecule has 2 heterocycles. The third kappa shape index (κ3) is 2.54. The Morgan fingerprint density at radius 2 is 1.86 bits per heavy atom. The van der Waals surface area contributed by atoms with Crippen LogP contribution in [-0.4, -0.2) is 30.1 Å². The molecule has 2 atom stereocenters. The van der Waals surface area contributed by atoms with E-state index < -0.39 is 0 Å². The quantitative estimate of drug-likeness (QED) is 0.929. The van der Waals surface area contributed by atoms with Gasteiger partial charge in [0.05, 0.1) is 19.3 Å². The van der Waals surface area contributed by atoms with Gasteiger partial charge >= 0.3 is 0 Å². The standard InChI is InChI=1S/C18H26N2O2/c1-17(2)15(18(17,3)4)16(21)20-14-11-22-10-13(14)9-12-5-7-19-8-6-12/h5-8,13-15H,9-11H2,1-4H3,(H,20,21)/t13-,14+/m1/s1. The Kier molecular flexibility index (Phi) is 3.76. The summed E-state index contributed by atoms with van der Waals surface area (Å²) in [6.07, 6.45) is 4.55. The van der Waals surface area contributed by atoms with E-state index in [0.29, 0.717) is 19.1 Å². The summed E-state index contributed by atoms with van der Waals surface area (Å²) in [4.78, 5) is 16.7. The van der Waals surface area contributed by atoms with Crippen LogP contribution in [-0.2, 0) is 16.0 Å². The molecule has 4 heteroatoms. The Labute approximate surface area is 132 Å². The van der Waals surface area contributed by atoms with E-state index in [-0.39, 0.29) is 28.7 Å². The van der Waals surface area contributed by atoms with Crippen molar-refractivity contribution in [2.45, 2.75) is 40.2 Å². The second-order valence-electron chi connectivity index (χ2n) is 7.85. The van der Waals surface area contributed by atoms with Crippen LogP contribution in [0.4, 0.5) is 0 Å². The van der Waals surface area contributed by atoms with Crippen molar-refractivity contribution in [1.29, 1.82) is 0 Å². The Balaban J connectivity index is 1.61. The third-order valence-electron chi connectivity index (χ3n) is 6.06. The number of hydrogen-bond donors (Lipinski definition) is 1. The second-order valence-corrected chi connectivity index (χ2v) is 7.85. The van der Waals surface area contributed by atoms with Crippen molar-refractivity contribution in [2.24, 2.45) is 22.7 Å². The maximum atomic E-state index is 12.6. The minimum Gasteiger partial charge on any atom is -0.379 e. The fraction of sp³-hybridized carbons (Fsp3) is 0.667. The average Bonchev–Trinajstić information content (AvgIpc) is 2.75. The van der Waals surface area contributed by atoms with Gasteiger partial charge in [-0.1, -0.05) is 27.7 Å². The molecule has 3 rings (SSSR count). The van der Waals surface area contributed by atoms with E-state index >= 15 is 0 Å². The molecule has 22 heavy (non-hydrogen) atoms. The zero-order valence-corrected chi connectivity index (χ0v) is 13.9. The molecule has 1 aliphatic carbocycles. The SMILES string of the molecule is CC1(C)C(C(=O)N[C@H]2COC[C@H]2Cc2ccncc2)C1(C)C. The van der Waals surface area contributed by atoms with Gasteiger partial charge in [0, 0.05) is 24.2 Å². The van der Waals surface area contributed by atoms with Crippen molar-refractivity contribution >= 4 is 5.91 Å². The molecule has 0 aromatic carbocycles. The number of aromatic nitrogens is 1. The van der Waals surface area contributed by atoms with Gasteiger partial charge in [-0.05, 0) is 34.9 Å². The molecule has 1 aromatic heterocycles. The van der Waals surface area contributed by atoms with Crippen LogP contribution in [0.15, 0.2) is 24.5 Å². The van der Waals surface area contributed by atoms with Crippen LogP contribution in [0.25, 0.3) is 0 Å². The van der Waals surface area contributed by atoms with Crippen LogP contribution in [0.1, 0.15) is 33.3 Å². The highest BCUT2D eigenvalue weighted by molar-refractivity contribution is 5.84. The lowest BCUT2D eigenvalue weighted by Crippen LogP contribution is -2.42. The van der Waals surface area contributed by atoms with Crippen LogP contribution in [0, 0.1) is 22.7 Å². The Bertz CT molecular complexity index is 539. The molecule has 0 spiro atoms. The van der Waals surface area contributed by atoms with Crippen LogP contribution < -0.4 is 5.32 Å². The summed E-state index contributed by atoms with van der Waals surface area (Å²) in [6.45, 7) is 10.0. The first-order chi connectivity index (χ1) is 10.3. The lowest BCUT2D eigenvalue weighted by molar-refractivity contribution is -0.124. The Morgan fingerprint density at radius 3 is 2.45 bits per heavy atom. The Morgan fingerprint density at radius 1 is 1.23 bits per heavy atom. The highest BCUT2D eigenvalue weighted by Gasteiger charge is 2.68. The van der Waals surface area contributed by atoms with Crippen LogP contribution in [0.2, 0.25) is 0 Å². The van der Waals surface area contributed by atoms with Crippen molar-refractivity contribution in [3.05, 3.63) is 30.1 Å². The third-order valence-corrected chi connectivity index (χ3v) is 6.06. The van der Waals surface area contributed by atoms with E-state index in [9.17, 15) is 4.79 Å². The number of nitrogens with one attached hydrogen (secondary N) is 1. The molecule has 0 bridgehead atoms. The summed E-state index contributed by atoms with van der Waals surface area (Å²) in [5, 5.41) is 3.24. The summed E-state index contributed by atoms with van der Waals surface area (Å²) in [5.74, 6) is 0.628. The first-order valence-corrected chi connectivity index (χ1v) is 8.11. The fourth-order valence-corrected chi connectivity index (χ4v) is 3.90. The van der Waals surface area contributed by atoms with Crippen LogP contribution >= 0.6 is 0 Å². The molecule has 4 nitrogen and oxygen atoms in total. The van der Waals surface area contributed by atoms with Crippen molar-refractivity contribution in [3.63, 3.8) is 0 Å². The molecule has 1 aromatic rings. The zero-order chi connectivity index (χ0) is 16.0. The van der Waals surface area contributed by atoms with Gasteiger partial charge in [-0.25, -0.2) is 0 Å². The van der Waals surface area contributed by atoms with Gasteiger partial charge in [-0.15, -0.1) is 0 Å². The zero-order valence-electron chi connectivity index (χ0n) is 13.9. The molecule has 2 aliphatic rings. The minimum atomic E-state index is 0.0805. The maximum absolute atomic E-state index is 12.6. The minimum absolute atomic E-state index is 0.0805. The number of nitrogens with zero attached hydrogens (tertiary/aromatic N) is 1. The predicted molar refractivity (Wildman–Crippen MR) is 85.2 cm³/mol. The molecule has 1 amide bonds. The Hall–Kier alpha value is -1.42. The molecule has 120 valence electrons. The van der Waals surface area contributed by atoms with Gasteiger partial charge in [-0.3, -0.25) is 9.78 Å². The fourth-order valence-electron chi connectivity index (χ4n) is 3.90. The van der Waals surface area contributed by atoms with E-state index in [1.807, 2.05) is 24.5 Å². The van der Waals surface area contributed by atoms with Crippen molar-refractivity contribution in [1.82, 2.24) is 10.3 Å². The normalized spacial score (nSPS) is 29.3. The van der Waals surface area contributed by atoms with Gasteiger partial charge in [-0.2, -0.15) is 0 Å². The van der Waals surface area contributed by atoms with Gasteiger partial charge in [0.15, 0.2) is 0 Å². The number of rotatable bonds is 4. The summed E-state index contributed by atoms with van der Waals surface area (Å²) >= 11 is 0. The van der Waals surface area contributed by atoms with E-state index in [2.05, 4.69) is 38.0 Å². The topological polar surface area (TPSA) is 51.2 Å². The molecular formula is C18H26N2O2. The van der Waals surface area contributed by atoms with Crippen LogP contribution in [0.3, 0.4) is 0 Å². The molecular weight excluding hydrogens is 276 g/mol. The maximum Gasteiger partial charge on any atom is 0.224 e. The summed E-state index contributed by atoms with van der Waals surface area (Å²) in [5.41, 5.74) is 1.41. The number of carbonyl (C=O) groups is 1. The number of carbonyl (C=O) groups excluding carboxylic acids is 1. The van der Waals surface area contributed by atoms with E-state index in [1.165, 1.54) is 5.56 Å². The predicted octanol–water partition coefficient (Wildman–Crippen LogP) is 2.44. The molecule has 0 radical (unpaired) electrons. The number of amides is 1. The van der Waals surface area contributed by atoms with E-state index in [1.54, 1.807) is 0 Å². The highest BCUT2D eigenvalue weighted by atomic mass is 16.5. The molecule has 1 N–H and O–H groups in total. The summed E-state index contributed by atoms with van der Waals surface area (Å²) in [7, 11) is 0. The summed E-state index contributed by atoms with van der Waals surface area (Å²) < 4.78 is 5.62. The largest absolute Gasteiger partial charge is 0.379 e. The lowest BCUT2D eigenvalue weighted by atomic mass is 9.95. The molecule has 1 aliphatic heterocycles. The van der Waals surface area contributed by atoms with E-state index in [0.717, 1.165) is 6.42 Å². The number of ether oxygens (including phenoxy) is 1. The van der Waals surface area contributed by atoms with Gasteiger partial charge in [0.1, 0.15) is 0 Å². The highest BCUT2D eigenvalue weighted by Crippen LogP contribution is 2.68. The average molecular weight is 302 g/mol. The number of hydrogen-bond acceptors (Lipinski definition) is 3. The molecule has 1 saturated heterocycles. The first kappa shape index (κ1) is 15.5. The number of pyridine rings is 1. The molecule has 2 fully saturated rings. The monoisotopic (exact) mass is 302 g/mol.